The first-order valence-electron chi connectivity index (χ1n) is 19.8. The fourth-order valence-electron chi connectivity index (χ4n) is 7.59. The van der Waals surface area contributed by atoms with E-state index in [4.69, 9.17) is 33.2 Å². The molecule has 7 heteroatoms. The first-order chi connectivity index (χ1) is 27.1. The molecule has 0 bridgehead atoms. The minimum Gasteiger partial charge on any atom is -0.457 e. The molecule has 3 heterocycles. The molecule has 7 nitrogen and oxygen atoms in total. The molecule has 10 rings (SSSR count). The number of epoxide rings is 3. The Bertz CT molecular complexity index is 2160. The molecular weight excluding hydrogens is 689 g/mol. The average Bonchev–Trinajstić information content (AvgIpc) is 3.96. The van der Waals surface area contributed by atoms with Crippen LogP contribution in [0.25, 0.3) is 21.5 Å². The largest absolute Gasteiger partial charge is 0.457 e. The van der Waals surface area contributed by atoms with Crippen molar-refractivity contribution in [3.8, 4) is 23.0 Å². The predicted molar refractivity (Wildman–Crippen MR) is 213 cm³/mol. The second-order valence-corrected chi connectivity index (χ2v) is 15.7. The van der Waals surface area contributed by atoms with Gasteiger partial charge in [0.1, 0.15) is 23.0 Å². The summed E-state index contributed by atoms with van der Waals surface area (Å²) in [6.07, 6.45) is 8.16. The highest BCUT2D eigenvalue weighted by atomic mass is 16.7. The summed E-state index contributed by atoms with van der Waals surface area (Å²) in [7, 11) is 0. The quantitative estimate of drug-likeness (QED) is 0.0644. The van der Waals surface area contributed by atoms with Crippen LogP contribution in [-0.4, -0.2) is 51.7 Å². The Morgan fingerprint density at radius 3 is 1.35 bits per heavy atom. The van der Waals surface area contributed by atoms with Gasteiger partial charge in [0.15, 0.2) is 0 Å². The lowest BCUT2D eigenvalue weighted by atomic mass is 9.97. The van der Waals surface area contributed by atoms with Gasteiger partial charge in [-0.3, -0.25) is 0 Å². The summed E-state index contributed by atoms with van der Waals surface area (Å²) >= 11 is 0. The van der Waals surface area contributed by atoms with Crippen molar-refractivity contribution >= 4 is 21.5 Å². The van der Waals surface area contributed by atoms with Gasteiger partial charge in [-0.15, -0.1) is 0 Å². The van der Waals surface area contributed by atoms with Gasteiger partial charge >= 0.3 is 0 Å². The summed E-state index contributed by atoms with van der Waals surface area (Å²) in [6, 6.07) is 38.7. The Hall–Kier alpha value is -5.08. The summed E-state index contributed by atoms with van der Waals surface area (Å²) in [6.45, 7) is 2.71. The first-order valence-corrected chi connectivity index (χ1v) is 19.8. The van der Waals surface area contributed by atoms with Gasteiger partial charge in [-0.25, -0.2) is 0 Å². The van der Waals surface area contributed by atoms with Gasteiger partial charge in [0, 0.05) is 19.3 Å². The maximum atomic E-state index is 6.23. The molecule has 55 heavy (non-hydrogen) atoms. The average molecular weight is 735 g/mol. The highest BCUT2D eigenvalue weighted by molar-refractivity contribution is 5.85. The monoisotopic (exact) mass is 734 g/mol. The molecule has 1 aliphatic carbocycles. The standard InChI is InChI=1S/C48H46O7/c1-2-31(1)15-32-3-7-38-22-42(11-9-36(38)17-32)52-29-54-47-13-5-33(19-40(47)24-45-27-50-45)16-34-6-14-48(41(20-34)25-46-28-51-46)55-30-53-43-12-10-37-18-35(21-44-26-49-44)4-8-39(37)23-43/h3-14,17-20,22-23,31,44-46H,1-2,15-16,21,24-30H2. The number of hydrogen-bond acceptors (Lipinski definition) is 7. The summed E-state index contributed by atoms with van der Waals surface area (Å²) in [5, 5.41) is 4.78. The van der Waals surface area contributed by atoms with Crippen LogP contribution in [0.15, 0.2) is 109 Å². The molecule has 3 unspecified atom stereocenters. The Morgan fingerprint density at radius 2 is 0.855 bits per heavy atom. The van der Waals surface area contributed by atoms with Crippen LogP contribution >= 0.6 is 0 Å². The lowest BCUT2D eigenvalue weighted by molar-refractivity contribution is 0.118. The molecule has 0 radical (unpaired) electrons. The Balaban J connectivity index is 0.772. The van der Waals surface area contributed by atoms with Gasteiger partial charge < -0.3 is 33.2 Å². The van der Waals surface area contributed by atoms with E-state index >= 15 is 0 Å². The van der Waals surface area contributed by atoms with E-state index in [1.807, 2.05) is 12.1 Å². The lowest BCUT2D eigenvalue weighted by Gasteiger charge is -2.16. The fraction of sp³-hybridized carbons (Fsp3) is 0.333. The molecule has 3 saturated heterocycles. The number of fused-ring (bicyclic) bond motifs is 2. The topological polar surface area (TPSA) is 74.5 Å². The molecule has 6 aromatic rings. The molecule has 0 spiro atoms. The maximum Gasteiger partial charge on any atom is 0.230 e. The van der Waals surface area contributed by atoms with Crippen LogP contribution < -0.4 is 18.9 Å². The lowest BCUT2D eigenvalue weighted by Crippen LogP contribution is -2.09. The van der Waals surface area contributed by atoms with Crippen molar-refractivity contribution in [1.82, 2.24) is 0 Å². The minimum atomic E-state index is 0.125. The summed E-state index contributed by atoms with van der Waals surface area (Å²) in [5.41, 5.74) is 7.43. The van der Waals surface area contributed by atoms with Gasteiger partial charge in [0.05, 0.1) is 38.1 Å². The fourth-order valence-corrected chi connectivity index (χ4v) is 7.59. The zero-order valence-corrected chi connectivity index (χ0v) is 31.0. The van der Waals surface area contributed by atoms with Crippen molar-refractivity contribution < 1.29 is 33.2 Å². The number of ether oxygens (including phenoxy) is 7. The van der Waals surface area contributed by atoms with E-state index in [-0.39, 0.29) is 25.8 Å². The van der Waals surface area contributed by atoms with Crippen molar-refractivity contribution in [2.45, 2.75) is 63.3 Å². The summed E-state index contributed by atoms with van der Waals surface area (Å²) < 4.78 is 41.2. The van der Waals surface area contributed by atoms with Crippen molar-refractivity contribution in [2.75, 3.05) is 33.4 Å². The smallest absolute Gasteiger partial charge is 0.230 e. The Kier molecular flexibility index (Phi) is 9.52. The molecule has 0 N–H and O–H groups in total. The molecule has 4 fully saturated rings. The number of benzene rings is 6. The molecule has 6 aromatic carbocycles. The van der Waals surface area contributed by atoms with Crippen molar-refractivity contribution in [2.24, 2.45) is 5.92 Å². The Labute approximate surface area is 322 Å². The predicted octanol–water partition coefficient (Wildman–Crippen LogP) is 9.19. The summed E-state index contributed by atoms with van der Waals surface area (Å²) in [5.74, 6) is 4.13. The molecule has 1 saturated carbocycles. The van der Waals surface area contributed by atoms with E-state index in [0.717, 1.165) is 90.9 Å². The van der Waals surface area contributed by atoms with Crippen LogP contribution in [0.3, 0.4) is 0 Å². The van der Waals surface area contributed by atoms with E-state index in [1.54, 1.807) is 0 Å². The van der Waals surface area contributed by atoms with Crippen LogP contribution in [0, 0.1) is 5.92 Å². The van der Waals surface area contributed by atoms with Crippen LogP contribution in [-0.2, 0) is 46.3 Å². The molecular formula is C48H46O7. The third-order valence-electron chi connectivity index (χ3n) is 11.1. The highest BCUT2D eigenvalue weighted by Crippen LogP contribution is 2.34. The zero-order chi connectivity index (χ0) is 36.6. The summed E-state index contributed by atoms with van der Waals surface area (Å²) in [4.78, 5) is 0. The van der Waals surface area contributed by atoms with Gasteiger partial charge in [-0.05, 0) is 123 Å². The van der Waals surface area contributed by atoms with E-state index in [1.165, 1.54) is 57.7 Å². The number of rotatable bonds is 18. The van der Waals surface area contributed by atoms with Gasteiger partial charge in [0.25, 0.3) is 0 Å². The highest BCUT2D eigenvalue weighted by Gasteiger charge is 2.26. The first kappa shape index (κ1) is 34.4. The third-order valence-corrected chi connectivity index (χ3v) is 11.1. The molecule has 4 aliphatic rings. The van der Waals surface area contributed by atoms with Crippen molar-refractivity contribution in [1.29, 1.82) is 0 Å². The van der Waals surface area contributed by atoms with Crippen molar-refractivity contribution in [3.63, 3.8) is 0 Å². The van der Waals surface area contributed by atoms with E-state index < -0.39 is 0 Å². The zero-order valence-electron chi connectivity index (χ0n) is 31.0. The van der Waals surface area contributed by atoms with Crippen LogP contribution in [0.4, 0.5) is 0 Å². The van der Waals surface area contributed by atoms with Gasteiger partial charge in [-0.1, -0.05) is 72.8 Å². The second kappa shape index (κ2) is 15.2. The van der Waals surface area contributed by atoms with E-state index in [0.29, 0.717) is 6.10 Å². The second-order valence-electron chi connectivity index (χ2n) is 15.7. The molecule has 280 valence electrons. The normalized spacial score (nSPS) is 19.7. The van der Waals surface area contributed by atoms with Crippen LogP contribution in [0.1, 0.15) is 46.2 Å². The van der Waals surface area contributed by atoms with E-state index in [2.05, 4.69) is 97.1 Å². The molecule has 3 atom stereocenters. The van der Waals surface area contributed by atoms with Gasteiger partial charge in [-0.2, -0.15) is 0 Å². The molecule has 0 aromatic heterocycles. The van der Waals surface area contributed by atoms with Crippen LogP contribution in [0.2, 0.25) is 0 Å². The molecule has 3 aliphatic heterocycles. The van der Waals surface area contributed by atoms with Crippen LogP contribution in [0.5, 0.6) is 23.0 Å². The van der Waals surface area contributed by atoms with E-state index in [9.17, 15) is 0 Å². The maximum absolute atomic E-state index is 6.23. The van der Waals surface area contributed by atoms with Crippen molar-refractivity contribution in [3.05, 3.63) is 143 Å². The van der Waals surface area contributed by atoms with Gasteiger partial charge in [0.2, 0.25) is 13.6 Å². The Morgan fingerprint density at radius 1 is 0.418 bits per heavy atom. The number of hydrogen-bond donors (Lipinski definition) is 0. The minimum absolute atomic E-state index is 0.125. The molecule has 0 amide bonds. The third kappa shape index (κ3) is 9.08. The SMILES string of the molecule is c1cc(OCOc2ccc3cc(CC4CC4)ccc3c2)c(CC2CO2)cc1Cc1ccc(OCOc2ccc3cc(CC4CO4)ccc3c2)c(CC2CO2)c1.